The number of amides is 6. The normalized spacial score (nSPS) is 16.4. The van der Waals surface area contributed by atoms with Gasteiger partial charge in [0.05, 0.1) is 131 Å². The fourth-order valence-electron chi connectivity index (χ4n) is 14.9. The van der Waals surface area contributed by atoms with Crippen LogP contribution in [0.3, 0.4) is 0 Å². The first-order chi connectivity index (χ1) is 64.2. The number of nitrogens with two attached hydrogens (primary N) is 1. The summed E-state index contributed by atoms with van der Waals surface area (Å²) >= 11 is 38.7. The molecule has 3 atom stereocenters. The van der Waals surface area contributed by atoms with E-state index >= 15 is 0 Å². The molecule has 6 aromatic rings. The Balaban J connectivity index is 0.000000327. The summed E-state index contributed by atoms with van der Waals surface area (Å²) in [6.45, 7) is 22.1. The number of hydrogen-bond donors (Lipinski definition) is 5. The molecule has 134 heavy (non-hydrogen) atoms. The predicted molar refractivity (Wildman–Crippen MR) is 511 cm³/mol. The van der Waals surface area contributed by atoms with Crippen molar-refractivity contribution >= 4 is 127 Å². The van der Waals surface area contributed by atoms with E-state index in [2.05, 4.69) is 120 Å². The molecule has 0 radical (unpaired) electrons. The number of halogens is 7. The van der Waals surface area contributed by atoms with Gasteiger partial charge in [-0.1, -0.05) is 138 Å². The summed E-state index contributed by atoms with van der Waals surface area (Å²) < 4.78 is 91.5. The first-order valence-electron chi connectivity index (χ1n) is 44.8. The Morgan fingerprint density at radius 2 is 0.746 bits per heavy atom. The van der Waals surface area contributed by atoms with Gasteiger partial charge in [0, 0.05) is 165 Å². The highest BCUT2D eigenvalue weighted by atomic mass is 35.5. The SMILES string of the molecule is C.CC(C)(C(=O)ON1C(=O)CCC1=O)C(=O)ON1C(=O)CCC1=O.CN1Cc2c(Cl)cc(Cl)cc2C(c2cccc(CNCCOCCOCCOCCNC(=O)C(C)(C)C(=O)NCCOCCOCCOCCNCc3cccc(C4CN(C)Cc5c(Cl)cc(Cl)cc54)c3)c2)C1.CN1Cc2c(Cl)cc(Cl)cc2C(c2cccc(S(=O)(=O)CCCOCCOCCOCCN)c2)C1.[2H]CF. The fraction of sp³-hybridized carbons (Fsp3) is 0.537. The van der Waals surface area contributed by atoms with Crippen LogP contribution in [0.25, 0.3) is 0 Å². The summed E-state index contributed by atoms with van der Waals surface area (Å²) in [7, 11) is 1.83. The van der Waals surface area contributed by atoms with E-state index in [-0.39, 0.29) is 81.5 Å². The van der Waals surface area contributed by atoms with Gasteiger partial charge in [0.25, 0.3) is 23.6 Å². The molecule has 2 fully saturated rings. The van der Waals surface area contributed by atoms with E-state index < -0.39 is 63.4 Å². The van der Waals surface area contributed by atoms with Gasteiger partial charge in [-0.05, 0) is 165 Å². The van der Waals surface area contributed by atoms with Crippen molar-refractivity contribution < 1.29 is 105 Å². The van der Waals surface area contributed by atoms with Gasteiger partial charge in [0.2, 0.25) is 11.8 Å². The molecule has 11 rings (SSSR count). The molecule has 5 aliphatic rings. The van der Waals surface area contributed by atoms with Gasteiger partial charge < -0.3 is 94.0 Å². The molecule has 2 saturated heterocycles. The van der Waals surface area contributed by atoms with E-state index in [1.165, 1.54) is 33.4 Å². The first kappa shape index (κ1) is 112. The number of sulfone groups is 1. The molecule has 0 spiro atoms. The molecule has 0 saturated carbocycles. The Hall–Kier alpha value is -7.50. The second-order valence-corrected chi connectivity index (χ2v) is 37.8. The van der Waals surface area contributed by atoms with Crippen LogP contribution in [-0.2, 0) is 133 Å². The van der Waals surface area contributed by atoms with Gasteiger partial charge in [0.1, 0.15) is 5.41 Å². The van der Waals surface area contributed by atoms with Crippen molar-refractivity contribution in [1.82, 2.24) is 46.1 Å². The Kier molecular flexibility index (Phi) is 48.7. The number of hydrogen-bond acceptors (Lipinski definition) is 27. The molecule has 6 aromatic carbocycles. The molecular formula is C95H129Cl6FN10O21S. The number of alkyl halides is 1. The summed E-state index contributed by atoms with van der Waals surface area (Å²) in [5, 5.41) is 17.1. The van der Waals surface area contributed by atoms with Crippen molar-refractivity contribution in [3.63, 3.8) is 0 Å². The van der Waals surface area contributed by atoms with Crippen LogP contribution in [0.5, 0.6) is 0 Å². The number of hydroxylamine groups is 4. The Morgan fingerprint density at radius 1 is 0.440 bits per heavy atom. The molecule has 740 valence electrons. The minimum absolute atomic E-state index is 0. The predicted octanol–water partition coefficient (Wildman–Crippen LogP) is 11.9. The van der Waals surface area contributed by atoms with E-state index in [0.717, 1.165) is 104 Å². The van der Waals surface area contributed by atoms with E-state index in [1.807, 2.05) is 31.3 Å². The lowest BCUT2D eigenvalue weighted by molar-refractivity contribution is -0.217. The summed E-state index contributed by atoms with van der Waals surface area (Å²) in [6, 6.07) is 36.0. The highest BCUT2D eigenvalue weighted by Crippen LogP contribution is 2.43. The van der Waals surface area contributed by atoms with E-state index in [0.29, 0.717) is 180 Å². The van der Waals surface area contributed by atoms with Crippen molar-refractivity contribution in [3.05, 3.63) is 201 Å². The minimum atomic E-state index is -3.44. The second-order valence-electron chi connectivity index (χ2n) is 33.2. The molecule has 0 bridgehead atoms. The fourth-order valence-corrected chi connectivity index (χ4v) is 17.9. The summed E-state index contributed by atoms with van der Waals surface area (Å²) in [5.41, 5.74) is 14.8. The molecule has 39 heteroatoms. The van der Waals surface area contributed by atoms with Crippen LogP contribution in [0.4, 0.5) is 4.39 Å². The summed E-state index contributed by atoms with van der Waals surface area (Å²) in [6.07, 6.45) is 0.0511. The first-order valence-corrected chi connectivity index (χ1v) is 48.0. The molecular weight excluding hydrogens is 1880 g/mol. The maximum absolute atomic E-state index is 13.0. The monoisotopic (exact) mass is 2010 g/mol. The van der Waals surface area contributed by atoms with Crippen molar-refractivity contribution in [2.45, 2.75) is 123 Å². The van der Waals surface area contributed by atoms with Gasteiger partial charge in [0.15, 0.2) is 15.3 Å². The third-order valence-electron chi connectivity index (χ3n) is 22.1. The highest BCUT2D eigenvalue weighted by molar-refractivity contribution is 7.91. The number of fused-ring (bicyclic) bond motifs is 3. The molecule has 5 aliphatic heterocycles. The van der Waals surface area contributed by atoms with Crippen LogP contribution in [0, 0.1) is 10.8 Å². The Morgan fingerprint density at radius 3 is 1.09 bits per heavy atom. The van der Waals surface area contributed by atoms with Crippen LogP contribution in [0.15, 0.2) is 114 Å². The number of carbonyl (C=O) groups excluding carboxylic acids is 8. The van der Waals surface area contributed by atoms with Crippen molar-refractivity contribution in [2.24, 2.45) is 16.6 Å². The van der Waals surface area contributed by atoms with Crippen LogP contribution < -0.4 is 27.0 Å². The number of nitrogens with one attached hydrogen (secondary N) is 4. The average molecular weight is 2010 g/mol. The van der Waals surface area contributed by atoms with Crippen LogP contribution in [0.2, 0.25) is 30.1 Å². The Labute approximate surface area is 817 Å². The number of benzene rings is 6. The maximum atomic E-state index is 13.0. The molecule has 0 aromatic heterocycles. The van der Waals surface area contributed by atoms with E-state index in [1.54, 1.807) is 38.1 Å². The van der Waals surface area contributed by atoms with Crippen molar-refractivity contribution in [2.75, 3.05) is 205 Å². The lowest BCUT2D eigenvalue weighted by Crippen LogP contribution is -2.49. The minimum Gasteiger partial charge on any atom is -0.379 e. The van der Waals surface area contributed by atoms with E-state index in [9.17, 15) is 51.2 Å². The quantitative estimate of drug-likeness (QED) is 0.0134. The Bertz CT molecular complexity index is 4720. The van der Waals surface area contributed by atoms with Crippen molar-refractivity contribution in [1.29, 1.82) is 0 Å². The lowest BCUT2D eigenvalue weighted by Gasteiger charge is -2.33. The van der Waals surface area contributed by atoms with Gasteiger partial charge >= 0.3 is 11.9 Å². The average Bonchev–Trinajstić information content (AvgIpc) is 1.70. The number of rotatable bonds is 50. The molecule has 0 aliphatic carbocycles. The van der Waals surface area contributed by atoms with Gasteiger partial charge in [-0.3, -0.25) is 33.2 Å². The molecule has 6 N–H and O–H groups in total. The molecule has 5 heterocycles. The lowest BCUT2D eigenvalue weighted by atomic mass is 9.84. The number of carbonyl (C=O) groups is 8. The third kappa shape index (κ3) is 35.7. The van der Waals surface area contributed by atoms with E-state index in [4.69, 9.17) is 119 Å². The molecule has 6 amide bonds. The number of nitrogens with zero attached hydrogens (tertiary/aromatic N) is 5. The topological polar surface area (TPSA) is 363 Å². The molecule has 31 nitrogen and oxygen atoms in total. The zero-order valence-corrected chi connectivity index (χ0v) is 81.8. The molecule has 3 unspecified atom stereocenters. The third-order valence-corrected chi connectivity index (χ3v) is 25.5. The number of imide groups is 2. The van der Waals surface area contributed by atoms with Gasteiger partial charge in [-0.15, -0.1) is 10.1 Å². The van der Waals surface area contributed by atoms with Crippen LogP contribution in [-0.4, -0.2) is 286 Å². The van der Waals surface area contributed by atoms with Gasteiger partial charge in [-0.2, -0.15) is 0 Å². The number of likely N-dealkylation sites (N-methyl/N-ethyl adjacent to an activating group) is 3. The zero-order chi connectivity index (χ0) is 97.3. The van der Waals surface area contributed by atoms with Crippen LogP contribution in [0.1, 0.15) is 148 Å². The largest absolute Gasteiger partial charge is 0.379 e. The zero-order valence-electron chi connectivity index (χ0n) is 77.4. The summed E-state index contributed by atoms with van der Waals surface area (Å²) in [5.74, 6) is -5.59. The standard InChI is InChI=1S/C55H74Cl4N6O8.C25H34Cl2N2O5S.C13H14N2O8.CH3F.CH4/c1-55(2,53(66)62-13-17-70-21-25-72-23-19-68-15-11-60-33-39-7-5-9-41(27-39)47-35-64(3)37-49-45(47)29-43(56)31-51(49)58)54(67)63-14-18-71-22-26-73-24-20-69-16-12-61-34-40-8-6-10-42(28-40)48-36-65(4)38-50-46(48)30-44(57)32-52(50)59;1-29-17-23(22-15-20(26)16-25(27)24(22)18-29)19-4-2-5-21(14-19)35(30,31)13-3-7-32-9-11-34-12-10-33-8-6-28;1-13(2,11(20)22-14-7(16)3-4-8(14)17)12(21)23-15-9(18)5-6-10(15)19;1-2;/h5-10,27-32,47-48,60-61H,11-26,33-38H2,1-4H3,(H,62,66)(H,63,67);2,4-5,14-16,23H,3,6-13,17-18,28H2,1H3;3-6H2,1-2H3;1H3;1H4/i;;;1D;. The highest BCUT2D eigenvalue weighted by Gasteiger charge is 2.47. The van der Waals surface area contributed by atoms with Crippen LogP contribution >= 0.6 is 69.6 Å². The maximum Gasteiger partial charge on any atom is 0.349 e. The number of ether oxygens (including phenoxy) is 9. The van der Waals surface area contributed by atoms with Crippen molar-refractivity contribution in [3.8, 4) is 0 Å². The smallest absolute Gasteiger partial charge is 0.349 e. The van der Waals surface area contributed by atoms with Gasteiger partial charge in [-0.25, -0.2) is 18.0 Å². The second kappa shape index (κ2) is 58.4. The summed E-state index contributed by atoms with van der Waals surface area (Å²) in [4.78, 5) is 112.